The molecule has 0 aliphatic heterocycles. The van der Waals surface area contributed by atoms with Crippen molar-refractivity contribution in [3.05, 3.63) is 35.6 Å². The lowest BCUT2D eigenvalue weighted by Gasteiger charge is -2.22. The lowest BCUT2D eigenvalue weighted by molar-refractivity contribution is -0.140. The molecule has 1 aromatic rings. The van der Waals surface area contributed by atoms with Gasteiger partial charge < -0.3 is 10.0 Å². The fourth-order valence-electron chi connectivity index (χ4n) is 1.50. The molecule has 1 rings (SSSR count). The summed E-state index contributed by atoms with van der Waals surface area (Å²) in [5, 5.41) is 9.80. The summed E-state index contributed by atoms with van der Waals surface area (Å²) in [6.45, 7) is 4.79. The van der Waals surface area contributed by atoms with E-state index in [2.05, 4.69) is 0 Å². The molecule has 1 atom stereocenters. The van der Waals surface area contributed by atoms with E-state index in [1.165, 1.54) is 29.2 Å². The zero-order valence-corrected chi connectivity index (χ0v) is 9.48. The summed E-state index contributed by atoms with van der Waals surface area (Å²) in [5.41, 5.74) is 0.415. The number of nitrogens with zero attached hydrogens (tertiary/aromatic N) is 1. The Bertz CT molecular complexity index is 347. The third kappa shape index (κ3) is 2.79. The Hall–Kier alpha value is -1.42. The summed E-state index contributed by atoms with van der Waals surface area (Å²) in [5.74, 6) is -0.733. The quantitative estimate of drug-likeness (QED) is 0.847. The van der Waals surface area contributed by atoms with Crippen LogP contribution in [0.2, 0.25) is 0 Å². The van der Waals surface area contributed by atoms with Gasteiger partial charge in [-0.2, -0.15) is 0 Å². The fourth-order valence-corrected chi connectivity index (χ4v) is 1.50. The Morgan fingerprint density at radius 2 is 1.81 bits per heavy atom. The molecule has 0 aliphatic carbocycles. The van der Waals surface area contributed by atoms with Crippen molar-refractivity contribution in [2.45, 2.75) is 20.0 Å². The van der Waals surface area contributed by atoms with Crippen LogP contribution in [0.25, 0.3) is 0 Å². The molecular formula is C12H16FNO2. The number of carbonyl (C=O) groups is 1. The monoisotopic (exact) mass is 225 g/mol. The number of halogens is 1. The number of carbonyl (C=O) groups excluding carboxylic acids is 1. The van der Waals surface area contributed by atoms with Gasteiger partial charge in [0, 0.05) is 13.1 Å². The molecule has 16 heavy (non-hydrogen) atoms. The minimum absolute atomic E-state index is 0.350. The van der Waals surface area contributed by atoms with Gasteiger partial charge in [-0.1, -0.05) is 12.1 Å². The first kappa shape index (κ1) is 12.6. The normalized spacial score (nSPS) is 12.2. The van der Waals surface area contributed by atoms with Gasteiger partial charge in [0.1, 0.15) is 5.82 Å². The van der Waals surface area contributed by atoms with Crippen LogP contribution in [-0.2, 0) is 4.79 Å². The van der Waals surface area contributed by atoms with E-state index in [1.54, 1.807) is 0 Å². The minimum Gasteiger partial charge on any atom is -0.378 e. The molecular weight excluding hydrogens is 209 g/mol. The Balaban J connectivity index is 2.81. The Kier molecular flexibility index (Phi) is 4.43. The highest BCUT2D eigenvalue weighted by Gasteiger charge is 2.21. The minimum atomic E-state index is -1.21. The largest absolute Gasteiger partial charge is 0.378 e. The van der Waals surface area contributed by atoms with Crippen LogP contribution in [0.4, 0.5) is 4.39 Å². The lowest BCUT2D eigenvalue weighted by atomic mass is 10.1. The van der Waals surface area contributed by atoms with Gasteiger partial charge in [-0.15, -0.1) is 0 Å². The van der Waals surface area contributed by atoms with Crippen molar-refractivity contribution in [1.29, 1.82) is 0 Å². The van der Waals surface area contributed by atoms with E-state index in [4.69, 9.17) is 0 Å². The van der Waals surface area contributed by atoms with Gasteiger partial charge in [0.25, 0.3) is 5.91 Å². The van der Waals surface area contributed by atoms with Crippen LogP contribution in [0, 0.1) is 5.82 Å². The number of aliphatic hydroxyl groups excluding tert-OH is 1. The Labute approximate surface area is 94.5 Å². The maximum atomic E-state index is 12.7. The fraction of sp³-hybridized carbons (Fsp3) is 0.417. The SMILES string of the molecule is CCN(CC)C(=O)C(O)c1ccc(F)cc1. The average molecular weight is 225 g/mol. The number of aliphatic hydroxyl groups is 1. The van der Waals surface area contributed by atoms with Crippen molar-refractivity contribution in [3.8, 4) is 0 Å². The molecule has 3 nitrogen and oxygen atoms in total. The third-order valence-electron chi connectivity index (χ3n) is 2.49. The zero-order valence-electron chi connectivity index (χ0n) is 9.48. The summed E-state index contributed by atoms with van der Waals surface area (Å²) < 4.78 is 12.7. The topological polar surface area (TPSA) is 40.5 Å². The van der Waals surface area contributed by atoms with Gasteiger partial charge in [0.15, 0.2) is 6.10 Å². The van der Waals surface area contributed by atoms with Crippen molar-refractivity contribution in [2.75, 3.05) is 13.1 Å². The first-order valence-corrected chi connectivity index (χ1v) is 5.32. The summed E-state index contributed by atoms with van der Waals surface area (Å²) in [7, 11) is 0. The van der Waals surface area contributed by atoms with Gasteiger partial charge in [0.2, 0.25) is 0 Å². The van der Waals surface area contributed by atoms with E-state index in [1.807, 2.05) is 13.8 Å². The van der Waals surface area contributed by atoms with Crippen molar-refractivity contribution in [2.24, 2.45) is 0 Å². The molecule has 0 saturated heterocycles. The number of amides is 1. The van der Waals surface area contributed by atoms with Gasteiger partial charge in [0.05, 0.1) is 0 Å². The van der Waals surface area contributed by atoms with E-state index in [0.717, 1.165) is 0 Å². The molecule has 0 heterocycles. The molecule has 0 fully saturated rings. The maximum absolute atomic E-state index is 12.7. The van der Waals surface area contributed by atoms with Crippen LogP contribution in [0.15, 0.2) is 24.3 Å². The highest BCUT2D eigenvalue weighted by Crippen LogP contribution is 2.16. The first-order valence-electron chi connectivity index (χ1n) is 5.32. The second-order valence-corrected chi connectivity index (χ2v) is 3.46. The number of benzene rings is 1. The molecule has 0 spiro atoms. The van der Waals surface area contributed by atoms with Crippen LogP contribution < -0.4 is 0 Å². The van der Waals surface area contributed by atoms with Gasteiger partial charge in [-0.3, -0.25) is 4.79 Å². The molecule has 0 aliphatic rings. The van der Waals surface area contributed by atoms with Gasteiger partial charge in [-0.25, -0.2) is 4.39 Å². The molecule has 88 valence electrons. The van der Waals surface area contributed by atoms with E-state index < -0.39 is 6.10 Å². The molecule has 0 aromatic heterocycles. The highest BCUT2D eigenvalue weighted by molar-refractivity contribution is 5.82. The molecule has 1 aromatic carbocycles. The molecule has 4 heteroatoms. The van der Waals surface area contributed by atoms with E-state index in [0.29, 0.717) is 18.7 Å². The Morgan fingerprint density at radius 1 is 1.31 bits per heavy atom. The zero-order chi connectivity index (χ0) is 12.1. The summed E-state index contributed by atoms with van der Waals surface area (Å²) >= 11 is 0. The second kappa shape index (κ2) is 5.61. The standard InChI is InChI=1S/C12H16FNO2/c1-3-14(4-2)12(16)11(15)9-5-7-10(13)8-6-9/h5-8,11,15H,3-4H2,1-2H3. The van der Waals surface area contributed by atoms with E-state index in [9.17, 15) is 14.3 Å². The number of hydrogen-bond donors (Lipinski definition) is 1. The molecule has 0 saturated carbocycles. The molecule has 1 N–H and O–H groups in total. The van der Waals surface area contributed by atoms with Crippen LogP contribution in [0.1, 0.15) is 25.5 Å². The lowest BCUT2D eigenvalue weighted by Crippen LogP contribution is -2.34. The predicted octanol–water partition coefficient (Wildman–Crippen LogP) is 1.73. The van der Waals surface area contributed by atoms with Crippen molar-refractivity contribution < 1.29 is 14.3 Å². The average Bonchev–Trinajstić information content (AvgIpc) is 2.30. The predicted molar refractivity (Wildman–Crippen MR) is 59.3 cm³/mol. The van der Waals surface area contributed by atoms with Crippen LogP contribution in [0.3, 0.4) is 0 Å². The number of likely N-dealkylation sites (N-methyl/N-ethyl adjacent to an activating group) is 1. The number of rotatable bonds is 4. The van der Waals surface area contributed by atoms with E-state index in [-0.39, 0.29) is 11.7 Å². The summed E-state index contributed by atoms with van der Waals surface area (Å²) in [4.78, 5) is 13.3. The van der Waals surface area contributed by atoms with Crippen molar-refractivity contribution in [3.63, 3.8) is 0 Å². The Morgan fingerprint density at radius 3 is 2.25 bits per heavy atom. The third-order valence-corrected chi connectivity index (χ3v) is 2.49. The molecule has 1 amide bonds. The van der Waals surface area contributed by atoms with Gasteiger partial charge >= 0.3 is 0 Å². The van der Waals surface area contributed by atoms with Crippen molar-refractivity contribution in [1.82, 2.24) is 4.90 Å². The van der Waals surface area contributed by atoms with Crippen molar-refractivity contribution >= 4 is 5.91 Å². The summed E-state index contributed by atoms with van der Waals surface area (Å²) in [6.07, 6.45) is -1.21. The van der Waals surface area contributed by atoms with E-state index >= 15 is 0 Å². The van der Waals surface area contributed by atoms with Crippen LogP contribution >= 0.6 is 0 Å². The maximum Gasteiger partial charge on any atom is 0.256 e. The summed E-state index contributed by atoms with van der Waals surface area (Å²) in [6, 6.07) is 5.30. The smallest absolute Gasteiger partial charge is 0.256 e. The molecule has 0 radical (unpaired) electrons. The van der Waals surface area contributed by atoms with Crippen LogP contribution in [-0.4, -0.2) is 29.0 Å². The first-order chi connectivity index (χ1) is 7.60. The molecule has 1 unspecified atom stereocenters. The van der Waals surface area contributed by atoms with Crippen LogP contribution in [0.5, 0.6) is 0 Å². The second-order valence-electron chi connectivity index (χ2n) is 3.46. The highest BCUT2D eigenvalue weighted by atomic mass is 19.1. The number of hydrogen-bond acceptors (Lipinski definition) is 2. The molecule has 0 bridgehead atoms. The van der Waals surface area contributed by atoms with Gasteiger partial charge in [-0.05, 0) is 31.5 Å².